The number of hydrogen-bond donors (Lipinski definition) is 2. The fraction of sp³-hybridized carbons (Fsp3) is 0.143. The van der Waals surface area contributed by atoms with E-state index in [1.165, 1.54) is 0 Å². The third kappa shape index (κ3) is 2.65. The number of ether oxygens (including phenoxy) is 1. The molecule has 0 fully saturated rings. The number of fused-ring (bicyclic) bond motifs is 1. The van der Waals surface area contributed by atoms with Crippen LogP contribution in [0.2, 0.25) is 0 Å². The van der Waals surface area contributed by atoms with Gasteiger partial charge in [-0.25, -0.2) is 4.79 Å². The molecule has 0 aliphatic heterocycles. The fourth-order valence-corrected chi connectivity index (χ4v) is 1.93. The number of carbonyl (C=O) groups is 2. The molecule has 0 saturated heterocycles. The van der Waals surface area contributed by atoms with Crippen LogP contribution in [0.1, 0.15) is 11.6 Å². The molecule has 5 nitrogen and oxygen atoms in total. The van der Waals surface area contributed by atoms with Crippen LogP contribution in [0.15, 0.2) is 36.4 Å². The van der Waals surface area contributed by atoms with Gasteiger partial charge in [0.1, 0.15) is 5.75 Å². The lowest BCUT2D eigenvalue weighted by molar-refractivity contribution is -0.140. The van der Waals surface area contributed by atoms with E-state index < -0.39 is 12.0 Å². The number of carboxylic acids is 1. The molecule has 0 bridgehead atoms. The van der Waals surface area contributed by atoms with Crippen molar-refractivity contribution in [3.8, 4) is 5.75 Å². The number of methoxy groups -OCH3 is 1. The molecule has 98 valence electrons. The highest BCUT2D eigenvalue weighted by molar-refractivity contribution is 5.87. The summed E-state index contributed by atoms with van der Waals surface area (Å²) in [5, 5.41) is 13.2. The summed E-state index contributed by atoms with van der Waals surface area (Å²) in [7, 11) is 1.59. The van der Waals surface area contributed by atoms with Crippen LogP contribution in [-0.4, -0.2) is 24.6 Å². The maximum atomic E-state index is 11.1. The minimum absolute atomic E-state index is 0.386. The molecule has 0 aliphatic rings. The lowest BCUT2D eigenvalue weighted by atomic mass is 10.0. The summed E-state index contributed by atoms with van der Waals surface area (Å²) in [5.74, 6) is -0.360. The van der Waals surface area contributed by atoms with E-state index in [4.69, 9.17) is 9.84 Å². The maximum absolute atomic E-state index is 11.1. The molecule has 1 unspecified atom stereocenters. The van der Waals surface area contributed by atoms with Crippen LogP contribution in [0.25, 0.3) is 10.8 Å². The molecular formula is C14H13NO4. The Balaban J connectivity index is 2.45. The van der Waals surface area contributed by atoms with Gasteiger partial charge in [-0.15, -0.1) is 0 Å². The Morgan fingerprint density at radius 2 is 1.95 bits per heavy atom. The number of nitrogens with one attached hydrogen (secondary N) is 1. The molecule has 2 aromatic carbocycles. The molecule has 5 heteroatoms. The quantitative estimate of drug-likeness (QED) is 0.802. The largest absolute Gasteiger partial charge is 0.497 e. The van der Waals surface area contributed by atoms with Crippen molar-refractivity contribution in [1.29, 1.82) is 0 Å². The van der Waals surface area contributed by atoms with Crippen molar-refractivity contribution >= 4 is 23.2 Å². The smallest absolute Gasteiger partial charge is 0.330 e. The summed E-state index contributed by atoms with van der Waals surface area (Å²) < 4.78 is 5.12. The van der Waals surface area contributed by atoms with Gasteiger partial charge in [0.15, 0.2) is 6.04 Å². The van der Waals surface area contributed by atoms with E-state index >= 15 is 0 Å². The molecule has 1 atom stereocenters. The minimum Gasteiger partial charge on any atom is -0.497 e. The standard InChI is InChI=1S/C14H13NO4/c1-19-12-5-4-9-6-11(3-2-10(9)7-12)13(14(17)18)15-8-16/h2-8,13H,1H3,(H,15,16)(H,17,18). The van der Waals surface area contributed by atoms with Gasteiger partial charge in [-0.3, -0.25) is 4.79 Å². The van der Waals surface area contributed by atoms with Gasteiger partial charge in [-0.05, 0) is 34.5 Å². The monoisotopic (exact) mass is 259 g/mol. The van der Waals surface area contributed by atoms with Crippen molar-refractivity contribution in [2.24, 2.45) is 0 Å². The van der Waals surface area contributed by atoms with E-state index in [1.807, 2.05) is 12.1 Å². The van der Waals surface area contributed by atoms with Crippen LogP contribution in [-0.2, 0) is 9.59 Å². The normalized spacial score (nSPS) is 11.8. The predicted octanol–water partition coefficient (Wildman–Crippen LogP) is 1.72. The van der Waals surface area contributed by atoms with E-state index in [9.17, 15) is 9.59 Å². The topological polar surface area (TPSA) is 75.6 Å². The first kappa shape index (κ1) is 12.9. The SMILES string of the molecule is COc1ccc2cc(C(NC=O)C(=O)O)ccc2c1. The molecule has 19 heavy (non-hydrogen) atoms. The van der Waals surface area contributed by atoms with Crippen molar-refractivity contribution in [2.75, 3.05) is 7.11 Å². The molecule has 0 radical (unpaired) electrons. The van der Waals surface area contributed by atoms with Crippen molar-refractivity contribution in [1.82, 2.24) is 5.32 Å². The van der Waals surface area contributed by atoms with Gasteiger partial charge in [0.2, 0.25) is 6.41 Å². The number of carboxylic acid groups (broad SMARTS) is 1. The Labute approximate surface area is 109 Å². The van der Waals surface area contributed by atoms with Crippen molar-refractivity contribution in [3.63, 3.8) is 0 Å². The van der Waals surface area contributed by atoms with Crippen molar-refractivity contribution in [3.05, 3.63) is 42.0 Å². The summed E-state index contributed by atoms with van der Waals surface area (Å²) in [4.78, 5) is 21.5. The highest BCUT2D eigenvalue weighted by Gasteiger charge is 2.18. The second-order valence-corrected chi connectivity index (χ2v) is 4.03. The van der Waals surface area contributed by atoms with Crippen LogP contribution in [0.5, 0.6) is 5.75 Å². The van der Waals surface area contributed by atoms with E-state index in [0.29, 0.717) is 12.0 Å². The summed E-state index contributed by atoms with van der Waals surface area (Å²) in [5.41, 5.74) is 0.525. The van der Waals surface area contributed by atoms with Crippen LogP contribution in [0.4, 0.5) is 0 Å². The first-order chi connectivity index (χ1) is 9.15. The average Bonchev–Trinajstić information content (AvgIpc) is 2.43. The zero-order valence-corrected chi connectivity index (χ0v) is 10.3. The Hall–Kier alpha value is -2.56. The number of hydrogen-bond acceptors (Lipinski definition) is 3. The highest BCUT2D eigenvalue weighted by Crippen LogP contribution is 2.24. The Kier molecular flexibility index (Phi) is 3.66. The Bertz CT molecular complexity index is 624. The summed E-state index contributed by atoms with van der Waals surface area (Å²) in [6, 6.07) is 9.69. The third-order valence-corrected chi connectivity index (χ3v) is 2.89. The van der Waals surface area contributed by atoms with E-state index in [0.717, 1.165) is 16.5 Å². The number of rotatable bonds is 5. The van der Waals surface area contributed by atoms with E-state index in [1.54, 1.807) is 31.4 Å². The number of benzene rings is 2. The molecule has 0 aromatic heterocycles. The van der Waals surface area contributed by atoms with Crippen LogP contribution in [0, 0.1) is 0 Å². The fourth-order valence-electron chi connectivity index (χ4n) is 1.93. The highest BCUT2D eigenvalue weighted by atomic mass is 16.5. The Morgan fingerprint density at radius 3 is 2.58 bits per heavy atom. The predicted molar refractivity (Wildman–Crippen MR) is 70.1 cm³/mol. The zero-order chi connectivity index (χ0) is 13.8. The summed E-state index contributed by atoms with van der Waals surface area (Å²) in [6.07, 6.45) is 0.386. The minimum atomic E-state index is -1.10. The van der Waals surface area contributed by atoms with Gasteiger partial charge in [0.05, 0.1) is 7.11 Å². The van der Waals surface area contributed by atoms with Crippen LogP contribution >= 0.6 is 0 Å². The Morgan fingerprint density at radius 1 is 1.26 bits per heavy atom. The number of carbonyl (C=O) groups excluding carboxylic acids is 1. The molecule has 1 amide bonds. The van der Waals surface area contributed by atoms with Crippen molar-refractivity contribution in [2.45, 2.75) is 6.04 Å². The number of amides is 1. The molecule has 2 N–H and O–H groups in total. The maximum Gasteiger partial charge on any atom is 0.330 e. The molecule has 0 aliphatic carbocycles. The van der Waals surface area contributed by atoms with Crippen molar-refractivity contribution < 1.29 is 19.4 Å². The van der Waals surface area contributed by atoms with Gasteiger partial charge in [0.25, 0.3) is 0 Å². The second kappa shape index (κ2) is 5.39. The molecule has 2 aromatic rings. The van der Waals surface area contributed by atoms with Crippen LogP contribution in [0.3, 0.4) is 0 Å². The summed E-state index contributed by atoms with van der Waals surface area (Å²) >= 11 is 0. The van der Waals surface area contributed by atoms with Gasteiger partial charge >= 0.3 is 5.97 Å². The second-order valence-electron chi connectivity index (χ2n) is 4.03. The molecule has 0 spiro atoms. The lowest BCUT2D eigenvalue weighted by Gasteiger charge is -2.12. The zero-order valence-electron chi connectivity index (χ0n) is 10.3. The van der Waals surface area contributed by atoms with Gasteiger partial charge < -0.3 is 15.2 Å². The van der Waals surface area contributed by atoms with Gasteiger partial charge in [-0.2, -0.15) is 0 Å². The lowest BCUT2D eigenvalue weighted by Crippen LogP contribution is -2.27. The van der Waals surface area contributed by atoms with E-state index in [2.05, 4.69) is 5.32 Å². The molecule has 2 rings (SSSR count). The first-order valence-electron chi connectivity index (χ1n) is 5.66. The third-order valence-electron chi connectivity index (χ3n) is 2.89. The average molecular weight is 259 g/mol. The summed E-state index contributed by atoms with van der Waals surface area (Å²) in [6.45, 7) is 0. The van der Waals surface area contributed by atoms with Gasteiger partial charge in [-0.1, -0.05) is 18.2 Å². The molecule has 0 heterocycles. The molecular weight excluding hydrogens is 246 g/mol. The number of aliphatic carboxylic acids is 1. The van der Waals surface area contributed by atoms with Gasteiger partial charge in [0, 0.05) is 0 Å². The van der Waals surface area contributed by atoms with Crippen LogP contribution < -0.4 is 10.1 Å². The van der Waals surface area contributed by atoms with E-state index in [-0.39, 0.29) is 0 Å². The molecule has 0 saturated carbocycles. The first-order valence-corrected chi connectivity index (χ1v) is 5.66.